The molecule has 0 rings (SSSR count). The Morgan fingerprint density at radius 3 is 2.00 bits per heavy atom. The van der Waals surface area contributed by atoms with Gasteiger partial charge in [0.05, 0.1) is 7.11 Å². The zero-order valence-electron chi connectivity index (χ0n) is 18.5. The fourth-order valence-corrected chi connectivity index (χ4v) is 4.54. The average Bonchev–Trinajstić information content (AvgIpc) is 2.76. The van der Waals surface area contributed by atoms with Crippen LogP contribution in [0.4, 0.5) is 0 Å². The first-order valence-corrected chi connectivity index (χ1v) is 14.6. The highest BCUT2D eigenvalue weighted by molar-refractivity contribution is 7.99. The summed E-state index contributed by atoms with van der Waals surface area (Å²) in [5.41, 5.74) is 0. The molecule has 0 saturated carbocycles. The molecular weight excluding hydrogens is 500 g/mol. The normalized spacial score (nSPS) is 14.7. The summed E-state index contributed by atoms with van der Waals surface area (Å²) < 4.78 is 10.3. The lowest BCUT2D eigenvalue weighted by molar-refractivity contribution is -0.145. The Bertz CT molecular complexity index is 599. The molecule has 0 aromatic rings. The summed E-state index contributed by atoms with van der Waals surface area (Å²) in [6.45, 7) is 0. The number of methoxy groups -OCH3 is 1. The number of ether oxygens (including phenoxy) is 1. The van der Waals surface area contributed by atoms with Crippen LogP contribution in [0.2, 0.25) is 0 Å². The van der Waals surface area contributed by atoms with Crippen LogP contribution in [0.15, 0.2) is 0 Å². The number of hydrogen-bond donors (Lipinski definition) is 4. The Hall–Kier alpha value is -0.800. The third-order valence-electron chi connectivity index (χ3n) is 3.94. The second-order valence-corrected chi connectivity index (χ2v) is 10.0. The van der Waals surface area contributed by atoms with E-state index in [1.165, 1.54) is 30.6 Å². The van der Waals surface area contributed by atoms with Gasteiger partial charge in [-0.2, -0.15) is 35.3 Å². The zero-order valence-corrected chi connectivity index (χ0v) is 21.8. The van der Waals surface area contributed by atoms with Gasteiger partial charge in [-0.25, -0.2) is 9.59 Å². The molecule has 0 aliphatic rings. The highest BCUT2D eigenvalue weighted by Crippen LogP contribution is 2.15. The fraction of sp³-hybridized carbons (Fsp3) is 0.778. The molecule has 14 heteroatoms. The van der Waals surface area contributed by atoms with Crippen LogP contribution in [0.1, 0.15) is 12.8 Å². The minimum atomic E-state index is -1.29. The van der Waals surface area contributed by atoms with Gasteiger partial charge in [-0.1, -0.05) is 0 Å². The van der Waals surface area contributed by atoms with Crippen molar-refractivity contribution in [3.63, 3.8) is 0 Å². The van der Waals surface area contributed by atoms with E-state index in [0.717, 1.165) is 12.0 Å². The van der Waals surface area contributed by atoms with E-state index in [4.69, 9.17) is 8.92 Å². The van der Waals surface area contributed by atoms with Crippen LogP contribution in [0.25, 0.3) is 0 Å². The summed E-state index contributed by atoms with van der Waals surface area (Å²) in [5.74, 6) is -1.66. The molecule has 0 aromatic carbocycles. The number of amides is 2. The quantitative estimate of drug-likeness (QED) is 0.110. The van der Waals surface area contributed by atoms with Crippen molar-refractivity contribution in [3.05, 3.63) is 0 Å². The van der Waals surface area contributed by atoms with Crippen LogP contribution in [-0.4, -0.2) is 107 Å². The van der Waals surface area contributed by atoms with Crippen molar-refractivity contribution in [1.29, 1.82) is 0 Å². The number of carboxylic acids is 1. The molecule has 4 atom stereocenters. The summed E-state index contributed by atoms with van der Waals surface area (Å²) in [4.78, 5) is 47.7. The smallest absolute Gasteiger partial charge is 0.328 e. The number of thioether (sulfide) groups is 3. The molecule has 0 heterocycles. The minimum Gasteiger partial charge on any atom is -0.480 e. The maximum Gasteiger partial charge on any atom is 0.328 e. The topological polar surface area (TPSA) is 151 Å². The lowest BCUT2D eigenvalue weighted by Crippen LogP contribution is -2.47. The van der Waals surface area contributed by atoms with Crippen molar-refractivity contribution >= 4 is 71.1 Å². The first-order valence-electron chi connectivity index (χ1n) is 9.56. The Labute approximate surface area is 205 Å². The van der Waals surface area contributed by atoms with Crippen LogP contribution >= 0.6 is 47.3 Å². The summed E-state index contributed by atoms with van der Waals surface area (Å²) in [5, 5.41) is 23.9. The van der Waals surface area contributed by atoms with E-state index < -0.39 is 48.0 Å². The summed E-state index contributed by atoms with van der Waals surface area (Å²) in [6.07, 6.45) is 3.71. The van der Waals surface area contributed by atoms with Crippen molar-refractivity contribution in [2.24, 2.45) is 0 Å². The highest BCUT2D eigenvalue weighted by atomic mass is 32.2. The van der Waals surface area contributed by atoms with Gasteiger partial charge in [0.1, 0.15) is 18.2 Å². The van der Waals surface area contributed by atoms with Crippen molar-refractivity contribution in [2.75, 3.05) is 48.9 Å². The van der Waals surface area contributed by atoms with Gasteiger partial charge in [0, 0.05) is 17.3 Å². The molecule has 0 saturated heterocycles. The lowest BCUT2D eigenvalue weighted by atomic mass is 10.2. The molecule has 0 bridgehead atoms. The van der Waals surface area contributed by atoms with Gasteiger partial charge in [0.2, 0.25) is 5.91 Å². The number of aliphatic hydroxyl groups excluding tert-OH is 1. The fourth-order valence-electron chi connectivity index (χ4n) is 2.25. The lowest BCUT2D eigenvalue weighted by Gasteiger charge is -2.21. The largest absolute Gasteiger partial charge is 0.480 e. The third-order valence-corrected chi connectivity index (χ3v) is 6.64. The van der Waals surface area contributed by atoms with E-state index in [-0.39, 0.29) is 17.9 Å². The van der Waals surface area contributed by atoms with E-state index in [1.54, 1.807) is 24.3 Å². The van der Waals surface area contributed by atoms with E-state index in [2.05, 4.69) is 10.6 Å². The number of carbonyl (C=O) groups excluding carboxylic acids is 3. The number of esters is 1. The van der Waals surface area contributed by atoms with Gasteiger partial charge in [0.15, 0.2) is 6.10 Å². The van der Waals surface area contributed by atoms with Crippen molar-refractivity contribution in [1.82, 2.24) is 10.6 Å². The van der Waals surface area contributed by atoms with Crippen LogP contribution in [0.5, 0.6) is 0 Å². The molecule has 10 nitrogen and oxygen atoms in total. The Kier molecular flexibility index (Phi) is 18.1. The molecule has 186 valence electrons. The van der Waals surface area contributed by atoms with Crippen molar-refractivity contribution < 1.29 is 38.3 Å². The molecule has 0 aromatic heterocycles. The van der Waals surface area contributed by atoms with Crippen molar-refractivity contribution in [2.45, 2.75) is 37.1 Å². The van der Waals surface area contributed by atoms with E-state index in [0.29, 0.717) is 17.9 Å². The second kappa shape index (κ2) is 18.6. The monoisotopic (exact) mass is 532 g/mol. The second-order valence-electron chi connectivity index (χ2n) is 6.39. The van der Waals surface area contributed by atoms with Crippen LogP contribution in [-0.2, 0) is 28.1 Å². The number of aliphatic carboxylic acids is 1. The zero-order chi connectivity index (χ0) is 24.5. The van der Waals surface area contributed by atoms with Crippen LogP contribution in [0.3, 0.4) is 0 Å². The molecule has 32 heavy (non-hydrogen) atoms. The summed E-state index contributed by atoms with van der Waals surface area (Å²) in [7, 11) is 1.25. The van der Waals surface area contributed by atoms with E-state index in [9.17, 15) is 29.4 Å². The molecular formula is C18H32N2O8S4. The van der Waals surface area contributed by atoms with E-state index in [1.807, 2.05) is 6.26 Å². The first-order chi connectivity index (χ1) is 15.2. The van der Waals surface area contributed by atoms with Crippen LogP contribution < -0.4 is 10.6 Å². The molecule has 0 radical (unpaired) electrons. The predicted octanol–water partition coefficient (Wildman–Crippen LogP) is 0.477. The van der Waals surface area contributed by atoms with Gasteiger partial charge in [-0.15, -0.1) is 0 Å². The average molecular weight is 533 g/mol. The van der Waals surface area contributed by atoms with Gasteiger partial charge in [0.25, 0.3) is 5.91 Å². The van der Waals surface area contributed by atoms with Gasteiger partial charge in [-0.05, 0) is 49.4 Å². The van der Waals surface area contributed by atoms with Gasteiger partial charge in [-0.3, -0.25) is 9.59 Å². The first kappa shape index (κ1) is 31.2. The molecule has 0 aliphatic carbocycles. The van der Waals surface area contributed by atoms with Crippen LogP contribution in [0, 0.1) is 0 Å². The molecule has 4 unspecified atom stereocenters. The van der Waals surface area contributed by atoms with Crippen molar-refractivity contribution in [3.8, 4) is 0 Å². The highest BCUT2D eigenvalue weighted by Gasteiger charge is 2.27. The minimum absolute atomic E-state index is 0.0316. The maximum atomic E-state index is 12.6. The molecule has 2 amide bonds. The summed E-state index contributed by atoms with van der Waals surface area (Å²) >= 11 is 5.09. The number of nitrogens with one attached hydrogen (secondary N) is 2. The number of carboxylic acid groups (broad SMARTS) is 1. The Morgan fingerprint density at radius 2 is 1.47 bits per heavy atom. The molecule has 0 spiro atoms. The Morgan fingerprint density at radius 1 is 0.875 bits per heavy atom. The predicted molar refractivity (Wildman–Crippen MR) is 131 cm³/mol. The Balaban J connectivity index is 4.75. The molecule has 0 fully saturated rings. The van der Waals surface area contributed by atoms with Gasteiger partial charge < -0.3 is 29.8 Å². The summed E-state index contributed by atoms with van der Waals surface area (Å²) in [6, 6.07) is -1.98. The third kappa shape index (κ3) is 13.0. The number of hydrogen-bond acceptors (Lipinski definition) is 11. The number of carbonyl (C=O) groups is 4. The number of rotatable bonds is 18. The number of aliphatic hydroxyl groups is 1. The molecule has 0 aliphatic heterocycles. The van der Waals surface area contributed by atoms with E-state index >= 15 is 0 Å². The standard InChI is InChI=1S/C18H32N2O8S4/c1-27-18(26)12(5-7-29-2)20-16(23)14(10-31-4)28-32-8-6-11(17(24)25)19-15(22)13(21)9-30-3/h11-14,21H,5-10H2,1-4H3,(H,19,22)(H,20,23)(H,24,25). The van der Waals surface area contributed by atoms with Gasteiger partial charge >= 0.3 is 11.9 Å². The SMILES string of the molecule is COC(=O)C(CCSC)NC(=O)C(CSC)OSCCC(NC(=O)C(O)CSC)C(=O)O. The molecule has 4 N–H and O–H groups in total. The maximum absolute atomic E-state index is 12.6.